The topological polar surface area (TPSA) is 73.6 Å². The number of nitrogens with zero attached hydrogens (tertiary/aromatic N) is 2. The van der Waals surface area contributed by atoms with E-state index in [0.717, 1.165) is 0 Å². The minimum atomic E-state index is -0.585. The summed E-state index contributed by atoms with van der Waals surface area (Å²) in [5, 5.41) is 18.3. The van der Waals surface area contributed by atoms with E-state index in [2.05, 4.69) is 0 Å². The van der Waals surface area contributed by atoms with E-state index in [1.807, 2.05) is 6.07 Å². The van der Waals surface area contributed by atoms with Crippen molar-refractivity contribution in [3.05, 3.63) is 29.8 Å². The van der Waals surface area contributed by atoms with Gasteiger partial charge in [0, 0.05) is 6.54 Å². The summed E-state index contributed by atoms with van der Waals surface area (Å²) in [4.78, 5) is 13.6. The maximum atomic E-state index is 12.1. The molecule has 1 saturated heterocycles. The molecule has 1 atom stereocenters. The smallest absolute Gasteiger partial charge is 0.257 e. The highest BCUT2D eigenvalue weighted by Crippen LogP contribution is 2.19. The van der Waals surface area contributed by atoms with Gasteiger partial charge in [-0.25, -0.2) is 0 Å². The molecule has 1 aliphatic rings. The second kappa shape index (κ2) is 4.85. The van der Waals surface area contributed by atoms with Gasteiger partial charge in [-0.15, -0.1) is 0 Å². The highest BCUT2D eigenvalue weighted by molar-refractivity contribution is 5.96. The predicted molar refractivity (Wildman–Crippen MR) is 59.4 cm³/mol. The van der Waals surface area contributed by atoms with Crippen LogP contribution in [0.3, 0.4) is 0 Å². The number of ether oxygens (including phenoxy) is 1. The van der Waals surface area contributed by atoms with E-state index >= 15 is 0 Å². The number of amides is 1. The van der Waals surface area contributed by atoms with Crippen molar-refractivity contribution < 1.29 is 14.6 Å². The second-order valence-electron chi connectivity index (χ2n) is 3.76. The monoisotopic (exact) mass is 232 g/mol. The third-order valence-electron chi connectivity index (χ3n) is 2.63. The molecule has 1 aromatic carbocycles. The molecule has 1 N–H and O–H groups in total. The van der Waals surface area contributed by atoms with E-state index in [1.165, 1.54) is 11.0 Å². The van der Waals surface area contributed by atoms with Crippen LogP contribution in [0.4, 0.5) is 0 Å². The van der Waals surface area contributed by atoms with Gasteiger partial charge in [-0.05, 0) is 12.1 Å². The van der Waals surface area contributed by atoms with Crippen molar-refractivity contribution in [1.29, 1.82) is 5.26 Å². The fourth-order valence-electron chi connectivity index (χ4n) is 1.74. The summed E-state index contributed by atoms with van der Waals surface area (Å²) in [6, 6.07) is 8.35. The van der Waals surface area contributed by atoms with Crippen molar-refractivity contribution in [1.82, 2.24) is 4.90 Å². The second-order valence-corrected chi connectivity index (χ2v) is 3.76. The van der Waals surface area contributed by atoms with Gasteiger partial charge < -0.3 is 14.7 Å². The zero-order valence-electron chi connectivity index (χ0n) is 9.17. The highest BCUT2D eigenvalue weighted by atomic mass is 16.5. The van der Waals surface area contributed by atoms with Gasteiger partial charge in [-0.1, -0.05) is 12.1 Å². The Bertz CT molecular complexity index is 467. The minimum Gasteiger partial charge on any atom is -0.507 e. The summed E-state index contributed by atoms with van der Waals surface area (Å²) in [7, 11) is 0. The average molecular weight is 232 g/mol. The van der Waals surface area contributed by atoms with E-state index in [1.54, 1.807) is 18.2 Å². The van der Waals surface area contributed by atoms with Crippen molar-refractivity contribution >= 4 is 5.91 Å². The fraction of sp³-hybridized carbons (Fsp3) is 0.333. The number of rotatable bonds is 1. The van der Waals surface area contributed by atoms with Crippen LogP contribution in [0.25, 0.3) is 0 Å². The first kappa shape index (κ1) is 11.4. The Hall–Kier alpha value is -2.06. The Balaban J connectivity index is 2.16. The van der Waals surface area contributed by atoms with Crippen LogP contribution in [0.15, 0.2) is 24.3 Å². The standard InChI is InChI=1S/C12H12N2O3/c13-7-9-8-14(5-6-17-9)12(16)10-3-1-2-4-11(10)15/h1-4,9,15H,5-6,8H2. The number of aromatic hydroxyl groups is 1. The zero-order valence-corrected chi connectivity index (χ0v) is 9.17. The first-order valence-corrected chi connectivity index (χ1v) is 5.31. The van der Waals surface area contributed by atoms with Crippen LogP contribution in [0.5, 0.6) is 5.75 Å². The number of phenols is 1. The van der Waals surface area contributed by atoms with Crippen molar-refractivity contribution in [2.24, 2.45) is 0 Å². The fourth-order valence-corrected chi connectivity index (χ4v) is 1.74. The van der Waals surface area contributed by atoms with Gasteiger partial charge in [0.2, 0.25) is 0 Å². The molecule has 88 valence electrons. The van der Waals surface area contributed by atoms with Gasteiger partial charge in [0.05, 0.1) is 24.8 Å². The van der Waals surface area contributed by atoms with Gasteiger partial charge in [0.25, 0.3) is 5.91 Å². The maximum Gasteiger partial charge on any atom is 0.257 e. The molecule has 1 unspecified atom stereocenters. The van der Waals surface area contributed by atoms with E-state index in [0.29, 0.717) is 13.2 Å². The molecule has 1 amide bonds. The predicted octanol–water partition coefficient (Wildman–Crippen LogP) is 0.757. The van der Waals surface area contributed by atoms with E-state index in [-0.39, 0.29) is 23.8 Å². The van der Waals surface area contributed by atoms with Crippen LogP contribution >= 0.6 is 0 Å². The number of hydrogen-bond donors (Lipinski definition) is 1. The molecule has 0 saturated carbocycles. The Morgan fingerprint density at radius 1 is 1.53 bits per heavy atom. The molecule has 0 spiro atoms. The van der Waals surface area contributed by atoms with E-state index in [9.17, 15) is 9.90 Å². The lowest BCUT2D eigenvalue weighted by atomic mass is 10.1. The van der Waals surface area contributed by atoms with Gasteiger partial charge in [0.15, 0.2) is 6.10 Å². The van der Waals surface area contributed by atoms with Gasteiger partial charge >= 0.3 is 0 Å². The van der Waals surface area contributed by atoms with Gasteiger partial charge in [0.1, 0.15) is 5.75 Å². The zero-order chi connectivity index (χ0) is 12.3. The highest BCUT2D eigenvalue weighted by Gasteiger charge is 2.25. The van der Waals surface area contributed by atoms with Crippen LogP contribution in [-0.2, 0) is 4.74 Å². The van der Waals surface area contributed by atoms with Crippen LogP contribution in [0.2, 0.25) is 0 Å². The molecule has 17 heavy (non-hydrogen) atoms. The number of nitriles is 1. The largest absolute Gasteiger partial charge is 0.507 e. The number of carbonyl (C=O) groups is 1. The Kier molecular flexibility index (Phi) is 3.26. The van der Waals surface area contributed by atoms with E-state index < -0.39 is 6.10 Å². The maximum absolute atomic E-state index is 12.1. The quantitative estimate of drug-likeness (QED) is 0.775. The van der Waals surface area contributed by atoms with Gasteiger partial charge in [-0.2, -0.15) is 5.26 Å². The van der Waals surface area contributed by atoms with Crippen LogP contribution < -0.4 is 0 Å². The molecular weight excluding hydrogens is 220 g/mol. The summed E-state index contributed by atoms with van der Waals surface area (Å²) < 4.78 is 5.16. The summed E-state index contributed by atoms with van der Waals surface area (Å²) in [6.07, 6.45) is -0.585. The van der Waals surface area contributed by atoms with E-state index in [4.69, 9.17) is 10.00 Å². The minimum absolute atomic E-state index is 0.0440. The average Bonchev–Trinajstić information content (AvgIpc) is 2.38. The third kappa shape index (κ3) is 2.37. The lowest BCUT2D eigenvalue weighted by Gasteiger charge is -2.29. The first-order valence-electron chi connectivity index (χ1n) is 5.31. The molecule has 0 radical (unpaired) electrons. The number of hydrogen-bond acceptors (Lipinski definition) is 4. The molecule has 0 bridgehead atoms. The first-order chi connectivity index (χ1) is 8.22. The molecule has 1 fully saturated rings. The SMILES string of the molecule is N#CC1CN(C(=O)c2ccccc2O)CCO1. The Morgan fingerprint density at radius 3 is 3.00 bits per heavy atom. The van der Waals surface area contributed by atoms with Crippen LogP contribution in [0, 0.1) is 11.3 Å². The number of benzene rings is 1. The molecule has 1 heterocycles. The number of phenolic OH excluding ortho intramolecular Hbond substituents is 1. The Morgan fingerprint density at radius 2 is 2.29 bits per heavy atom. The van der Waals surface area contributed by atoms with Crippen molar-refractivity contribution in [2.45, 2.75) is 6.10 Å². The molecule has 2 rings (SSSR count). The molecular formula is C12H12N2O3. The third-order valence-corrected chi connectivity index (χ3v) is 2.63. The number of carbonyl (C=O) groups excluding carboxylic acids is 1. The lowest BCUT2D eigenvalue weighted by Crippen LogP contribution is -2.45. The molecule has 1 aliphatic heterocycles. The van der Waals surface area contributed by atoms with Crippen molar-refractivity contribution in [2.75, 3.05) is 19.7 Å². The van der Waals surface area contributed by atoms with Crippen molar-refractivity contribution in [3.8, 4) is 11.8 Å². The van der Waals surface area contributed by atoms with Crippen LogP contribution in [0.1, 0.15) is 10.4 Å². The van der Waals surface area contributed by atoms with Crippen molar-refractivity contribution in [3.63, 3.8) is 0 Å². The molecule has 5 heteroatoms. The summed E-state index contributed by atoms with van der Waals surface area (Å²) >= 11 is 0. The summed E-state index contributed by atoms with van der Waals surface area (Å²) in [5.74, 6) is -0.316. The Labute approximate surface area is 98.8 Å². The van der Waals surface area contributed by atoms with Gasteiger partial charge in [-0.3, -0.25) is 4.79 Å². The molecule has 5 nitrogen and oxygen atoms in total. The molecule has 0 aromatic heterocycles. The summed E-state index contributed by atoms with van der Waals surface area (Å²) in [5.41, 5.74) is 0.256. The lowest BCUT2D eigenvalue weighted by molar-refractivity contribution is 0.00334. The number of morpholine rings is 1. The normalized spacial score (nSPS) is 19.7. The molecule has 0 aliphatic carbocycles. The van der Waals surface area contributed by atoms with Crippen LogP contribution in [-0.4, -0.2) is 41.7 Å². The summed E-state index contributed by atoms with van der Waals surface area (Å²) in [6.45, 7) is 1.02. The number of para-hydroxylation sites is 1. The molecule has 1 aromatic rings.